The fraction of sp³-hybridized carbons (Fsp3) is 0.250. The van der Waals surface area contributed by atoms with Gasteiger partial charge >= 0.3 is 5.51 Å². The number of alkyl halides is 3. The Hall–Kier alpha value is -0.550. The summed E-state index contributed by atoms with van der Waals surface area (Å²) in [6.07, 6.45) is 0. The summed E-state index contributed by atoms with van der Waals surface area (Å²) in [5, 5.41) is 0.465. The van der Waals surface area contributed by atoms with Gasteiger partial charge < -0.3 is 4.18 Å². The van der Waals surface area contributed by atoms with Gasteiger partial charge in [0.1, 0.15) is 5.75 Å². The van der Waals surface area contributed by atoms with Crippen molar-refractivity contribution in [1.29, 1.82) is 0 Å². The van der Waals surface area contributed by atoms with Gasteiger partial charge in [0, 0.05) is 5.02 Å². The summed E-state index contributed by atoms with van der Waals surface area (Å²) >= 11 is 5.09. The van der Waals surface area contributed by atoms with Gasteiger partial charge in [-0.3, -0.25) is 0 Å². The number of hydrogen-bond donors (Lipinski definition) is 0. The van der Waals surface area contributed by atoms with Gasteiger partial charge in [-0.05, 0) is 30.7 Å². The second kappa shape index (κ2) is 4.31. The first kappa shape index (κ1) is 11.5. The molecule has 0 unspecified atom stereocenters. The normalized spacial score (nSPS) is 11.5. The Kier molecular flexibility index (Phi) is 3.55. The first-order chi connectivity index (χ1) is 6.38. The van der Waals surface area contributed by atoms with E-state index in [2.05, 4.69) is 4.18 Å². The molecule has 0 saturated carbocycles. The SMILES string of the molecule is Cc1cc(Cl)ccc1OSC(F)(F)F. The predicted molar refractivity (Wildman–Crippen MR) is 50.5 cm³/mol. The van der Waals surface area contributed by atoms with Crippen LogP contribution in [0.5, 0.6) is 5.75 Å². The molecule has 6 heteroatoms. The highest BCUT2D eigenvalue weighted by atomic mass is 35.5. The summed E-state index contributed by atoms with van der Waals surface area (Å²) in [7, 11) is 0. The second-order valence-electron chi connectivity index (χ2n) is 2.52. The Morgan fingerprint density at radius 1 is 1.36 bits per heavy atom. The molecule has 0 aliphatic carbocycles. The van der Waals surface area contributed by atoms with Crippen LogP contribution in [0, 0.1) is 6.92 Å². The Balaban J connectivity index is 2.68. The molecule has 0 heterocycles. The van der Waals surface area contributed by atoms with Gasteiger partial charge in [0.15, 0.2) is 12.0 Å². The lowest BCUT2D eigenvalue weighted by molar-refractivity contribution is -0.0369. The van der Waals surface area contributed by atoms with Crippen LogP contribution in [0.2, 0.25) is 5.02 Å². The highest BCUT2D eigenvalue weighted by Gasteiger charge is 2.31. The molecule has 0 atom stereocenters. The van der Waals surface area contributed by atoms with E-state index in [-0.39, 0.29) is 5.75 Å². The summed E-state index contributed by atoms with van der Waals surface area (Å²) in [4.78, 5) is 0. The highest BCUT2D eigenvalue weighted by molar-refractivity contribution is 7.95. The minimum atomic E-state index is -4.40. The van der Waals surface area contributed by atoms with Crippen molar-refractivity contribution in [3.8, 4) is 5.75 Å². The molecular weight excluding hydrogens is 237 g/mol. The maximum absolute atomic E-state index is 11.8. The molecule has 1 nitrogen and oxygen atoms in total. The maximum atomic E-state index is 11.8. The fourth-order valence-electron chi connectivity index (χ4n) is 0.798. The molecule has 0 bridgehead atoms. The third-order valence-corrected chi connectivity index (χ3v) is 2.05. The number of aryl methyl sites for hydroxylation is 1. The maximum Gasteiger partial charge on any atom is 0.479 e. The van der Waals surface area contributed by atoms with E-state index in [9.17, 15) is 13.2 Å². The average molecular weight is 243 g/mol. The molecule has 0 amide bonds. The van der Waals surface area contributed by atoms with Crippen LogP contribution in [0.25, 0.3) is 0 Å². The fourth-order valence-corrected chi connectivity index (χ4v) is 1.40. The van der Waals surface area contributed by atoms with Gasteiger partial charge in [-0.25, -0.2) is 0 Å². The number of halogens is 4. The predicted octanol–water partition coefficient (Wildman–Crippen LogP) is 4.20. The Labute approximate surface area is 88.4 Å². The van der Waals surface area contributed by atoms with Gasteiger partial charge in [-0.1, -0.05) is 11.6 Å². The van der Waals surface area contributed by atoms with Crippen molar-refractivity contribution in [2.45, 2.75) is 12.4 Å². The highest BCUT2D eigenvalue weighted by Crippen LogP contribution is 2.34. The van der Waals surface area contributed by atoms with Crippen LogP contribution in [0.1, 0.15) is 5.56 Å². The van der Waals surface area contributed by atoms with E-state index in [1.807, 2.05) is 0 Å². The van der Waals surface area contributed by atoms with E-state index < -0.39 is 17.6 Å². The van der Waals surface area contributed by atoms with Gasteiger partial charge in [-0.15, -0.1) is 0 Å². The summed E-state index contributed by atoms with van der Waals surface area (Å²) < 4.78 is 39.8. The van der Waals surface area contributed by atoms with Crippen LogP contribution in [0.15, 0.2) is 18.2 Å². The lowest BCUT2D eigenvalue weighted by atomic mass is 10.2. The van der Waals surface area contributed by atoms with E-state index in [0.29, 0.717) is 10.6 Å². The molecule has 0 spiro atoms. The Morgan fingerprint density at radius 3 is 2.50 bits per heavy atom. The summed E-state index contributed by atoms with van der Waals surface area (Å²) in [5.41, 5.74) is -3.83. The van der Waals surface area contributed by atoms with Crippen molar-refractivity contribution in [2.75, 3.05) is 0 Å². The third kappa shape index (κ3) is 3.67. The Bertz CT molecular complexity index is 327. The molecule has 0 aromatic heterocycles. The molecule has 0 saturated heterocycles. The van der Waals surface area contributed by atoms with Crippen molar-refractivity contribution in [2.24, 2.45) is 0 Å². The minimum absolute atomic E-state index is 0.164. The van der Waals surface area contributed by atoms with Crippen LogP contribution >= 0.6 is 23.6 Å². The quantitative estimate of drug-likeness (QED) is 0.719. The minimum Gasteiger partial charge on any atom is -0.417 e. The van der Waals surface area contributed by atoms with Crippen molar-refractivity contribution >= 4 is 23.6 Å². The zero-order chi connectivity index (χ0) is 10.8. The van der Waals surface area contributed by atoms with Gasteiger partial charge in [-0.2, -0.15) is 13.2 Å². The zero-order valence-corrected chi connectivity index (χ0v) is 8.63. The smallest absolute Gasteiger partial charge is 0.417 e. The molecule has 1 aromatic rings. The molecule has 14 heavy (non-hydrogen) atoms. The van der Waals surface area contributed by atoms with Gasteiger partial charge in [0.25, 0.3) is 0 Å². The number of benzene rings is 1. The molecule has 1 rings (SSSR count). The van der Waals surface area contributed by atoms with E-state index in [0.717, 1.165) is 0 Å². The molecule has 0 aliphatic rings. The van der Waals surface area contributed by atoms with Gasteiger partial charge in [0.2, 0.25) is 0 Å². The van der Waals surface area contributed by atoms with Crippen LogP contribution < -0.4 is 4.18 Å². The largest absolute Gasteiger partial charge is 0.479 e. The average Bonchev–Trinajstić information content (AvgIpc) is 2.00. The van der Waals surface area contributed by atoms with E-state index in [1.165, 1.54) is 18.2 Å². The molecule has 0 aliphatic heterocycles. The molecular formula is C8H6ClF3OS. The molecule has 78 valence electrons. The topological polar surface area (TPSA) is 9.23 Å². The molecule has 0 N–H and O–H groups in total. The van der Waals surface area contributed by atoms with Crippen molar-refractivity contribution in [3.05, 3.63) is 28.8 Å². The molecule has 0 fully saturated rings. The van der Waals surface area contributed by atoms with Crippen LogP contribution in [0.4, 0.5) is 13.2 Å². The van der Waals surface area contributed by atoms with Gasteiger partial charge in [0.05, 0.1) is 0 Å². The first-order valence-corrected chi connectivity index (χ1v) is 4.69. The summed E-state index contributed by atoms with van der Waals surface area (Å²) in [6.45, 7) is 1.62. The number of hydrogen-bond acceptors (Lipinski definition) is 2. The lowest BCUT2D eigenvalue weighted by Crippen LogP contribution is -2.03. The first-order valence-electron chi connectivity index (χ1n) is 3.57. The zero-order valence-electron chi connectivity index (χ0n) is 7.06. The van der Waals surface area contributed by atoms with Crippen molar-refractivity contribution in [1.82, 2.24) is 0 Å². The molecule has 0 radical (unpaired) electrons. The van der Waals surface area contributed by atoms with Crippen LogP contribution in [0.3, 0.4) is 0 Å². The number of rotatable bonds is 2. The standard InChI is InChI=1S/C8H6ClF3OS/c1-5-4-6(9)2-3-7(5)13-14-8(10,11)12/h2-4H,1H3. The van der Waals surface area contributed by atoms with Crippen molar-refractivity contribution < 1.29 is 17.4 Å². The monoisotopic (exact) mass is 242 g/mol. The molecule has 1 aromatic carbocycles. The Morgan fingerprint density at radius 2 is 2.00 bits per heavy atom. The summed E-state index contributed by atoms with van der Waals surface area (Å²) in [6, 6.07) is 4.41. The summed E-state index contributed by atoms with van der Waals surface area (Å²) in [5.74, 6) is 0.164. The van der Waals surface area contributed by atoms with E-state index in [1.54, 1.807) is 6.92 Å². The third-order valence-electron chi connectivity index (χ3n) is 1.36. The van der Waals surface area contributed by atoms with Crippen LogP contribution in [-0.4, -0.2) is 5.51 Å². The second-order valence-corrected chi connectivity index (χ2v) is 3.75. The lowest BCUT2D eigenvalue weighted by Gasteiger charge is -2.08. The van der Waals surface area contributed by atoms with Crippen molar-refractivity contribution in [3.63, 3.8) is 0 Å². The van der Waals surface area contributed by atoms with E-state index in [4.69, 9.17) is 11.6 Å². The van der Waals surface area contributed by atoms with E-state index >= 15 is 0 Å². The van der Waals surface area contributed by atoms with Crippen LogP contribution in [-0.2, 0) is 0 Å².